The van der Waals surface area contributed by atoms with Crippen molar-refractivity contribution in [2.45, 2.75) is 32.5 Å². The van der Waals surface area contributed by atoms with Crippen LogP contribution in [0.25, 0.3) is 0 Å². The van der Waals surface area contributed by atoms with Gasteiger partial charge in [0.05, 0.1) is 13.1 Å². The van der Waals surface area contributed by atoms with Crippen molar-refractivity contribution in [3.8, 4) is 0 Å². The van der Waals surface area contributed by atoms with Gasteiger partial charge in [0.25, 0.3) is 0 Å². The van der Waals surface area contributed by atoms with Gasteiger partial charge in [-0.25, -0.2) is 0 Å². The Morgan fingerprint density at radius 1 is 1.33 bits per heavy atom. The molecule has 0 aliphatic carbocycles. The number of hydrogen-bond acceptors (Lipinski definition) is 3. The standard InChI is InChI=1S/C16H25F3N4S/c1-3-13-4-5-14(24-13)9-22-15(20-2)21-8-12-6-7-23(10-12)11-16(17,18)19/h4-5,12H,3,6-11H2,1-2H3,(H2,20,21,22). The van der Waals surface area contributed by atoms with Gasteiger partial charge >= 0.3 is 6.18 Å². The number of guanidine groups is 1. The number of aryl methyl sites for hydroxylation is 1. The van der Waals surface area contributed by atoms with Crippen molar-refractivity contribution in [1.29, 1.82) is 0 Å². The molecule has 0 amide bonds. The van der Waals surface area contributed by atoms with E-state index in [1.165, 1.54) is 14.7 Å². The van der Waals surface area contributed by atoms with Crippen LogP contribution in [0.2, 0.25) is 0 Å². The van der Waals surface area contributed by atoms with Crippen LogP contribution in [0.15, 0.2) is 17.1 Å². The van der Waals surface area contributed by atoms with E-state index in [1.807, 2.05) is 0 Å². The fourth-order valence-corrected chi connectivity index (χ4v) is 3.71. The highest BCUT2D eigenvalue weighted by molar-refractivity contribution is 7.11. The quantitative estimate of drug-likeness (QED) is 0.604. The first-order valence-electron chi connectivity index (χ1n) is 8.21. The third-order valence-electron chi connectivity index (χ3n) is 4.05. The predicted octanol–water partition coefficient (Wildman–Crippen LogP) is 2.86. The number of rotatable bonds is 6. The highest BCUT2D eigenvalue weighted by atomic mass is 32.1. The van der Waals surface area contributed by atoms with Crippen LogP contribution in [0.5, 0.6) is 0 Å². The minimum absolute atomic E-state index is 0.222. The van der Waals surface area contributed by atoms with Crippen LogP contribution in [0.3, 0.4) is 0 Å². The Morgan fingerprint density at radius 2 is 2.08 bits per heavy atom. The second-order valence-corrected chi connectivity index (χ2v) is 7.29. The Labute approximate surface area is 145 Å². The number of nitrogens with one attached hydrogen (secondary N) is 2. The molecule has 2 heterocycles. The zero-order valence-electron chi connectivity index (χ0n) is 14.1. The number of alkyl halides is 3. The second-order valence-electron chi connectivity index (χ2n) is 6.03. The maximum absolute atomic E-state index is 12.4. The van der Waals surface area contributed by atoms with Crippen LogP contribution < -0.4 is 10.6 Å². The van der Waals surface area contributed by atoms with Crippen LogP contribution in [0.1, 0.15) is 23.1 Å². The molecular weight excluding hydrogens is 337 g/mol. The molecule has 0 bridgehead atoms. The molecule has 136 valence electrons. The van der Waals surface area contributed by atoms with E-state index >= 15 is 0 Å². The fourth-order valence-electron chi connectivity index (χ4n) is 2.82. The summed E-state index contributed by atoms with van der Waals surface area (Å²) in [6.45, 7) is 3.65. The van der Waals surface area contributed by atoms with Gasteiger partial charge in [0.2, 0.25) is 0 Å². The van der Waals surface area contributed by atoms with Crippen LogP contribution in [0, 0.1) is 5.92 Å². The van der Waals surface area contributed by atoms with Crippen molar-refractivity contribution in [1.82, 2.24) is 15.5 Å². The van der Waals surface area contributed by atoms with Gasteiger partial charge in [-0.15, -0.1) is 11.3 Å². The number of halogens is 3. The Kier molecular flexibility index (Phi) is 6.91. The maximum atomic E-state index is 12.4. The summed E-state index contributed by atoms with van der Waals surface area (Å²) in [5.74, 6) is 0.912. The average molecular weight is 362 g/mol. The van der Waals surface area contributed by atoms with Crippen molar-refractivity contribution in [2.24, 2.45) is 10.9 Å². The van der Waals surface area contributed by atoms with Crippen molar-refractivity contribution >= 4 is 17.3 Å². The minimum atomic E-state index is -4.11. The first-order chi connectivity index (χ1) is 11.4. The van der Waals surface area contributed by atoms with Gasteiger partial charge in [0.1, 0.15) is 0 Å². The summed E-state index contributed by atoms with van der Waals surface area (Å²) in [7, 11) is 1.70. The van der Waals surface area contributed by atoms with Crippen LogP contribution in [-0.4, -0.2) is 50.3 Å². The summed E-state index contributed by atoms with van der Waals surface area (Å²) < 4.78 is 37.2. The number of hydrogen-bond donors (Lipinski definition) is 2. The lowest BCUT2D eigenvalue weighted by Gasteiger charge is -2.18. The molecule has 8 heteroatoms. The fraction of sp³-hybridized carbons (Fsp3) is 0.688. The molecular formula is C16H25F3N4S. The molecule has 1 aromatic rings. The highest BCUT2D eigenvalue weighted by Gasteiger charge is 2.34. The number of likely N-dealkylation sites (tertiary alicyclic amines) is 1. The SMILES string of the molecule is CCc1ccc(CNC(=NC)NCC2CCN(CC(F)(F)F)C2)s1. The Hall–Kier alpha value is -1.28. The molecule has 1 unspecified atom stereocenters. The molecule has 0 spiro atoms. The number of nitrogens with zero attached hydrogens (tertiary/aromatic N) is 2. The lowest BCUT2D eigenvalue weighted by molar-refractivity contribution is -0.143. The molecule has 0 saturated carbocycles. The van der Waals surface area contributed by atoms with Crippen molar-refractivity contribution in [2.75, 3.05) is 33.2 Å². The molecule has 2 rings (SSSR count). The van der Waals surface area contributed by atoms with E-state index in [2.05, 4.69) is 34.7 Å². The van der Waals surface area contributed by atoms with Crippen molar-refractivity contribution < 1.29 is 13.2 Å². The smallest absolute Gasteiger partial charge is 0.356 e. The lowest BCUT2D eigenvalue weighted by Crippen LogP contribution is -2.40. The van der Waals surface area contributed by atoms with Crippen molar-refractivity contribution in [3.63, 3.8) is 0 Å². The average Bonchev–Trinajstić information content (AvgIpc) is 3.15. The van der Waals surface area contributed by atoms with Gasteiger partial charge in [-0.05, 0) is 37.4 Å². The van der Waals surface area contributed by atoms with E-state index in [4.69, 9.17) is 0 Å². The molecule has 1 atom stereocenters. The van der Waals surface area contributed by atoms with Gasteiger partial charge in [0, 0.05) is 29.9 Å². The molecule has 1 saturated heterocycles. The summed E-state index contributed by atoms with van der Waals surface area (Å²) in [5.41, 5.74) is 0. The molecule has 24 heavy (non-hydrogen) atoms. The zero-order valence-corrected chi connectivity index (χ0v) is 14.9. The predicted molar refractivity (Wildman–Crippen MR) is 92.5 cm³/mol. The van der Waals surface area contributed by atoms with Gasteiger partial charge in [-0.2, -0.15) is 13.2 Å². The van der Waals surface area contributed by atoms with E-state index in [-0.39, 0.29) is 5.92 Å². The molecule has 0 radical (unpaired) electrons. The van der Waals surface area contributed by atoms with E-state index in [9.17, 15) is 13.2 Å². The monoisotopic (exact) mass is 362 g/mol. The third kappa shape index (κ3) is 6.32. The van der Waals surface area contributed by atoms with E-state index in [0.717, 1.165) is 12.8 Å². The molecule has 0 aromatic carbocycles. The van der Waals surface area contributed by atoms with Crippen LogP contribution in [0.4, 0.5) is 13.2 Å². The summed E-state index contributed by atoms with van der Waals surface area (Å²) in [6.07, 6.45) is -2.30. The molecule has 1 aliphatic rings. The molecule has 1 fully saturated rings. The van der Waals surface area contributed by atoms with Gasteiger partial charge in [-0.1, -0.05) is 6.92 Å². The van der Waals surface area contributed by atoms with Gasteiger partial charge < -0.3 is 10.6 Å². The van der Waals surface area contributed by atoms with Crippen molar-refractivity contribution in [3.05, 3.63) is 21.9 Å². The Balaban J connectivity index is 1.70. The summed E-state index contributed by atoms with van der Waals surface area (Å²) >= 11 is 1.78. The summed E-state index contributed by atoms with van der Waals surface area (Å²) in [6, 6.07) is 4.24. The van der Waals surface area contributed by atoms with Gasteiger partial charge in [0.15, 0.2) is 5.96 Å². The molecule has 4 nitrogen and oxygen atoms in total. The first kappa shape index (κ1) is 19.1. The topological polar surface area (TPSA) is 39.7 Å². The Morgan fingerprint density at radius 3 is 2.71 bits per heavy atom. The molecule has 2 N–H and O–H groups in total. The van der Waals surface area contributed by atoms with Crippen LogP contribution >= 0.6 is 11.3 Å². The highest BCUT2D eigenvalue weighted by Crippen LogP contribution is 2.22. The van der Waals surface area contributed by atoms with E-state index in [1.54, 1.807) is 18.4 Å². The Bertz CT molecular complexity index is 542. The molecule has 1 aromatic heterocycles. The summed E-state index contributed by atoms with van der Waals surface area (Å²) in [5, 5.41) is 6.47. The minimum Gasteiger partial charge on any atom is -0.356 e. The normalized spacial score (nSPS) is 19.7. The maximum Gasteiger partial charge on any atom is 0.401 e. The number of aliphatic imine (C=N–C) groups is 1. The summed E-state index contributed by atoms with van der Waals surface area (Å²) in [4.78, 5) is 8.24. The van der Waals surface area contributed by atoms with Gasteiger partial charge in [-0.3, -0.25) is 9.89 Å². The zero-order chi connectivity index (χ0) is 17.6. The third-order valence-corrected chi connectivity index (χ3v) is 5.28. The number of thiophene rings is 1. The van der Waals surface area contributed by atoms with Crippen LogP contribution in [-0.2, 0) is 13.0 Å². The first-order valence-corrected chi connectivity index (χ1v) is 9.02. The molecule has 1 aliphatic heterocycles. The van der Waals surface area contributed by atoms with E-state index < -0.39 is 12.7 Å². The van der Waals surface area contributed by atoms with E-state index in [0.29, 0.717) is 32.1 Å². The largest absolute Gasteiger partial charge is 0.401 e. The second kappa shape index (κ2) is 8.71. The lowest BCUT2D eigenvalue weighted by atomic mass is 10.1.